The Morgan fingerprint density at radius 3 is 2.92 bits per heavy atom. The zero-order valence-corrected chi connectivity index (χ0v) is 8.75. The summed E-state index contributed by atoms with van der Waals surface area (Å²) in [6.07, 6.45) is 1.56. The normalized spacial score (nSPS) is 26.4. The van der Waals surface area contributed by atoms with Crippen molar-refractivity contribution >= 4 is 21.8 Å². The van der Waals surface area contributed by atoms with Crippen LogP contribution in [-0.2, 0) is 4.79 Å². The molecule has 0 aromatic rings. The molecular formula is C8H14BrNO2. The summed E-state index contributed by atoms with van der Waals surface area (Å²) in [7, 11) is 0. The van der Waals surface area contributed by atoms with E-state index >= 15 is 0 Å². The third-order valence-electron chi connectivity index (χ3n) is 2.25. The van der Waals surface area contributed by atoms with Gasteiger partial charge in [-0.05, 0) is 19.8 Å². The standard InChI is InChI=1S/C8H14BrNO2/c1-6(3-5-11)10-4-2-7(9)8(10)12/h6-7,11H,2-5H2,1H3. The van der Waals surface area contributed by atoms with E-state index in [9.17, 15) is 4.79 Å². The van der Waals surface area contributed by atoms with E-state index in [0.717, 1.165) is 13.0 Å². The Bertz CT molecular complexity index is 174. The molecule has 0 aromatic heterocycles. The van der Waals surface area contributed by atoms with Gasteiger partial charge in [-0.25, -0.2) is 0 Å². The average molecular weight is 236 g/mol. The summed E-state index contributed by atoms with van der Waals surface area (Å²) in [4.78, 5) is 13.2. The van der Waals surface area contributed by atoms with Gasteiger partial charge in [0.2, 0.25) is 5.91 Å². The zero-order chi connectivity index (χ0) is 9.14. The first-order chi connectivity index (χ1) is 5.66. The van der Waals surface area contributed by atoms with Gasteiger partial charge in [-0.3, -0.25) is 4.79 Å². The largest absolute Gasteiger partial charge is 0.396 e. The third-order valence-corrected chi connectivity index (χ3v) is 3.10. The van der Waals surface area contributed by atoms with Crippen LogP contribution in [0.3, 0.4) is 0 Å². The topological polar surface area (TPSA) is 40.5 Å². The number of halogens is 1. The number of hydrogen-bond donors (Lipinski definition) is 1. The van der Waals surface area contributed by atoms with Crippen molar-refractivity contribution in [2.75, 3.05) is 13.2 Å². The van der Waals surface area contributed by atoms with Crippen molar-refractivity contribution in [1.82, 2.24) is 4.90 Å². The van der Waals surface area contributed by atoms with E-state index in [0.29, 0.717) is 6.42 Å². The molecule has 0 saturated carbocycles. The fourth-order valence-electron chi connectivity index (χ4n) is 1.45. The van der Waals surface area contributed by atoms with Gasteiger partial charge in [-0.15, -0.1) is 0 Å². The number of carbonyl (C=O) groups excluding carboxylic acids is 1. The molecule has 12 heavy (non-hydrogen) atoms. The van der Waals surface area contributed by atoms with Gasteiger partial charge in [-0.1, -0.05) is 15.9 Å². The van der Waals surface area contributed by atoms with E-state index in [2.05, 4.69) is 15.9 Å². The second-order valence-corrected chi connectivity index (χ2v) is 4.25. The lowest BCUT2D eigenvalue weighted by molar-refractivity contribution is -0.129. The minimum absolute atomic E-state index is 0.00126. The molecule has 2 atom stereocenters. The number of hydrogen-bond acceptors (Lipinski definition) is 2. The summed E-state index contributed by atoms with van der Waals surface area (Å²) in [6.45, 7) is 2.94. The molecule has 0 aromatic carbocycles. The first-order valence-electron chi connectivity index (χ1n) is 4.22. The molecular weight excluding hydrogens is 222 g/mol. The lowest BCUT2D eigenvalue weighted by Crippen LogP contribution is -2.36. The van der Waals surface area contributed by atoms with Crippen molar-refractivity contribution in [1.29, 1.82) is 0 Å². The second-order valence-electron chi connectivity index (χ2n) is 3.15. The van der Waals surface area contributed by atoms with E-state index < -0.39 is 0 Å². The minimum Gasteiger partial charge on any atom is -0.396 e. The van der Waals surface area contributed by atoms with Crippen LogP contribution in [0.5, 0.6) is 0 Å². The van der Waals surface area contributed by atoms with E-state index in [-0.39, 0.29) is 23.4 Å². The van der Waals surface area contributed by atoms with E-state index in [1.165, 1.54) is 0 Å². The molecule has 1 fully saturated rings. The highest BCUT2D eigenvalue weighted by molar-refractivity contribution is 9.10. The van der Waals surface area contributed by atoms with Crippen LogP contribution in [0.15, 0.2) is 0 Å². The summed E-state index contributed by atoms with van der Waals surface area (Å²) in [5, 5.41) is 8.70. The smallest absolute Gasteiger partial charge is 0.236 e. The molecule has 1 amide bonds. The molecule has 0 radical (unpaired) electrons. The summed E-state index contributed by atoms with van der Waals surface area (Å²) >= 11 is 3.31. The molecule has 1 aliphatic heterocycles. The van der Waals surface area contributed by atoms with Gasteiger partial charge in [0, 0.05) is 19.2 Å². The quantitative estimate of drug-likeness (QED) is 0.734. The fourth-order valence-corrected chi connectivity index (χ4v) is 1.91. The lowest BCUT2D eigenvalue weighted by atomic mass is 10.2. The predicted molar refractivity (Wildman–Crippen MR) is 50.2 cm³/mol. The first-order valence-corrected chi connectivity index (χ1v) is 5.13. The van der Waals surface area contributed by atoms with Crippen molar-refractivity contribution in [2.24, 2.45) is 0 Å². The van der Waals surface area contributed by atoms with Gasteiger partial charge in [0.15, 0.2) is 0 Å². The van der Waals surface area contributed by atoms with E-state index in [1.54, 1.807) is 0 Å². The molecule has 2 unspecified atom stereocenters. The average Bonchev–Trinajstić information content (AvgIpc) is 2.34. The van der Waals surface area contributed by atoms with Crippen LogP contribution < -0.4 is 0 Å². The Balaban J connectivity index is 2.47. The van der Waals surface area contributed by atoms with Crippen molar-refractivity contribution in [3.63, 3.8) is 0 Å². The minimum atomic E-state index is -0.00126. The number of likely N-dealkylation sites (tertiary alicyclic amines) is 1. The van der Waals surface area contributed by atoms with Crippen LogP contribution in [0, 0.1) is 0 Å². The number of nitrogens with zero attached hydrogens (tertiary/aromatic N) is 1. The van der Waals surface area contributed by atoms with Crippen LogP contribution in [0.25, 0.3) is 0 Å². The summed E-state index contributed by atoms with van der Waals surface area (Å²) < 4.78 is 0. The Labute approximate surface area is 80.9 Å². The van der Waals surface area contributed by atoms with Gasteiger partial charge in [0.1, 0.15) is 0 Å². The molecule has 70 valence electrons. The van der Waals surface area contributed by atoms with Crippen molar-refractivity contribution in [2.45, 2.75) is 30.6 Å². The number of aliphatic hydroxyl groups excluding tert-OH is 1. The van der Waals surface area contributed by atoms with Gasteiger partial charge in [0.25, 0.3) is 0 Å². The van der Waals surface area contributed by atoms with Gasteiger partial charge in [-0.2, -0.15) is 0 Å². The maximum absolute atomic E-state index is 11.4. The summed E-state index contributed by atoms with van der Waals surface area (Å²) in [5.41, 5.74) is 0. The molecule has 0 spiro atoms. The Hall–Kier alpha value is -0.0900. The molecule has 4 heteroatoms. The van der Waals surface area contributed by atoms with Crippen LogP contribution in [0.4, 0.5) is 0 Å². The van der Waals surface area contributed by atoms with Gasteiger partial charge < -0.3 is 10.0 Å². The highest BCUT2D eigenvalue weighted by Gasteiger charge is 2.31. The Morgan fingerprint density at radius 1 is 1.83 bits per heavy atom. The molecule has 1 N–H and O–H groups in total. The maximum atomic E-state index is 11.4. The molecule has 1 rings (SSSR count). The zero-order valence-electron chi connectivity index (χ0n) is 7.16. The first kappa shape index (κ1) is 9.99. The number of amides is 1. The number of carbonyl (C=O) groups is 1. The highest BCUT2D eigenvalue weighted by atomic mass is 79.9. The van der Waals surface area contributed by atoms with Crippen molar-refractivity contribution < 1.29 is 9.90 Å². The number of rotatable bonds is 3. The lowest BCUT2D eigenvalue weighted by Gasteiger charge is -2.23. The van der Waals surface area contributed by atoms with Crippen molar-refractivity contribution in [3.05, 3.63) is 0 Å². The molecule has 3 nitrogen and oxygen atoms in total. The number of aliphatic hydroxyl groups is 1. The summed E-state index contributed by atoms with van der Waals surface area (Å²) in [6, 6.07) is 0.171. The molecule has 1 saturated heterocycles. The predicted octanol–water partition coefficient (Wildman–Crippen LogP) is 0.753. The van der Waals surface area contributed by atoms with Crippen molar-refractivity contribution in [3.8, 4) is 0 Å². The number of alkyl halides is 1. The fraction of sp³-hybridized carbons (Fsp3) is 0.875. The maximum Gasteiger partial charge on any atom is 0.236 e. The second kappa shape index (κ2) is 4.23. The third kappa shape index (κ3) is 1.98. The SMILES string of the molecule is CC(CCO)N1CCC(Br)C1=O. The monoisotopic (exact) mass is 235 g/mol. The Kier molecular flexibility index (Phi) is 3.53. The highest BCUT2D eigenvalue weighted by Crippen LogP contribution is 2.21. The Morgan fingerprint density at radius 2 is 2.50 bits per heavy atom. The van der Waals surface area contributed by atoms with Gasteiger partial charge in [0.05, 0.1) is 4.83 Å². The molecule has 1 heterocycles. The molecule has 0 bridgehead atoms. The van der Waals surface area contributed by atoms with Crippen LogP contribution in [0.1, 0.15) is 19.8 Å². The van der Waals surface area contributed by atoms with E-state index in [4.69, 9.17) is 5.11 Å². The van der Waals surface area contributed by atoms with Crippen LogP contribution in [0.2, 0.25) is 0 Å². The van der Waals surface area contributed by atoms with Crippen LogP contribution in [-0.4, -0.2) is 39.9 Å². The summed E-state index contributed by atoms with van der Waals surface area (Å²) in [5.74, 6) is 0.163. The van der Waals surface area contributed by atoms with Gasteiger partial charge >= 0.3 is 0 Å². The molecule has 0 aliphatic carbocycles. The molecule has 1 aliphatic rings. The van der Waals surface area contributed by atoms with E-state index in [1.807, 2.05) is 11.8 Å². The van der Waals surface area contributed by atoms with Crippen LogP contribution >= 0.6 is 15.9 Å².